The van der Waals surface area contributed by atoms with Gasteiger partial charge in [0, 0.05) is 30.7 Å². The number of hydrogen-bond donors (Lipinski definition) is 2. The number of nitrogens with zero attached hydrogens (tertiary/aromatic N) is 1. The lowest BCUT2D eigenvalue weighted by Gasteiger charge is -2.31. The maximum Gasteiger partial charge on any atom is 0.251 e. The second kappa shape index (κ2) is 10.3. The van der Waals surface area contributed by atoms with Crippen LogP contribution in [0.2, 0.25) is 0 Å². The van der Waals surface area contributed by atoms with Crippen LogP contribution in [0.15, 0.2) is 24.3 Å². The number of carbonyl (C=O) groups excluding carboxylic acids is 2. The van der Waals surface area contributed by atoms with Crippen LogP contribution in [-0.4, -0.2) is 47.9 Å². The van der Waals surface area contributed by atoms with Crippen molar-refractivity contribution >= 4 is 11.8 Å². The molecule has 2 N–H and O–H groups in total. The molecule has 2 amide bonds. The van der Waals surface area contributed by atoms with Gasteiger partial charge in [-0.25, -0.2) is 0 Å². The number of rotatable bonds is 9. The van der Waals surface area contributed by atoms with Gasteiger partial charge in [-0.15, -0.1) is 0 Å². The molecule has 0 aliphatic carbocycles. The topological polar surface area (TPSA) is 61.4 Å². The van der Waals surface area contributed by atoms with E-state index in [0.717, 1.165) is 12.1 Å². The van der Waals surface area contributed by atoms with Gasteiger partial charge in [-0.3, -0.25) is 14.5 Å². The van der Waals surface area contributed by atoms with Gasteiger partial charge in [-0.2, -0.15) is 0 Å². The molecule has 5 heteroatoms. The monoisotopic (exact) mass is 361 g/mol. The zero-order valence-electron chi connectivity index (χ0n) is 17.3. The van der Waals surface area contributed by atoms with Crippen LogP contribution < -0.4 is 10.6 Å². The first-order valence-electron chi connectivity index (χ1n) is 9.54. The maximum atomic E-state index is 12.6. The van der Waals surface area contributed by atoms with Crippen LogP contribution in [0.3, 0.4) is 0 Å². The van der Waals surface area contributed by atoms with Crippen LogP contribution in [0.4, 0.5) is 0 Å². The van der Waals surface area contributed by atoms with Gasteiger partial charge in [-0.1, -0.05) is 31.5 Å². The Kier molecular flexibility index (Phi) is 8.79. The SMILES string of the molecule is Cc1cccc(C(=O)NC(C(=O)NCCN(C(C)C)C(C)C)C(C)C)c1. The molecule has 0 saturated heterocycles. The summed E-state index contributed by atoms with van der Waals surface area (Å²) >= 11 is 0. The molecule has 0 aliphatic heterocycles. The molecule has 0 aliphatic rings. The van der Waals surface area contributed by atoms with Crippen molar-refractivity contribution in [1.82, 2.24) is 15.5 Å². The molecule has 0 fully saturated rings. The first-order valence-corrected chi connectivity index (χ1v) is 9.54. The van der Waals surface area contributed by atoms with Crippen molar-refractivity contribution in [3.63, 3.8) is 0 Å². The molecular weight excluding hydrogens is 326 g/mol. The molecule has 0 radical (unpaired) electrons. The van der Waals surface area contributed by atoms with Gasteiger partial charge in [0.05, 0.1) is 0 Å². The number of carbonyl (C=O) groups is 2. The Labute approximate surface area is 158 Å². The summed E-state index contributed by atoms with van der Waals surface area (Å²) in [6.07, 6.45) is 0. The molecule has 26 heavy (non-hydrogen) atoms. The molecule has 0 saturated carbocycles. The van der Waals surface area contributed by atoms with E-state index in [-0.39, 0.29) is 17.7 Å². The Morgan fingerprint density at radius 3 is 2.15 bits per heavy atom. The lowest BCUT2D eigenvalue weighted by atomic mass is 10.0. The summed E-state index contributed by atoms with van der Waals surface area (Å²) in [5.74, 6) is -0.336. The van der Waals surface area contributed by atoms with Crippen LogP contribution >= 0.6 is 0 Å². The van der Waals surface area contributed by atoms with E-state index in [1.807, 2.05) is 39.0 Å². The normalized spacial score (nSPS) is 12.7. The Bertz CT molecular complexity index is 589. The highest BCUT2D eigenvalue weighted by Gasteiger charge is 2.24. The number of nitrogens with one attached hydrogen (secondary N) is 2. The Morgan fingerprint density at radius 1 is 1.04 bits per heavy atom. The van der Waals surface area contributed by atoms with Crippen molar-refractivity contribution in [3.05, 3.63) is 35.4 Å². The van der Waals surface area contributed by atoms with Gasteiger partial charge in [-0.05, 0) is 52.7 Å². The third kappa shape index (κ3) is 6.79. The summed E-state index contributed by atoms with van der Waals surface area (Å²) in [5.41, 5.74) is 1.60. The summed E-state index contributed by atoms with van der Waals surface area (Å²) in [7, 11) is 0. The summed E-state index contributed by atoms with van der Waals surface area (Å²) in [6.45, 7) is 15.8. The van der Waals surface area contributed by atoms with Crippen molar-refractivity contribution in [2.75, 3.05) is 13.1 Å². The summed E-state index contributed by atoms with van der Waals surface area (Å²) in [4.78, 5) is 27.4. The number of benzene rings is 1. The lowest BCUT2D eigenvalue weighted by Crippen LogP contribution is -2.51. The lowest BCUT2D eigenvalue weighted by molar-refractivity contribution is -0.124. The highest BCUT2D eigenvalue weighted by molar-refractivity contribution is 5.97. The fraction of sp³-hybridized carbons (Fsp3) is 0.619. The smallest absolute Gasteiger partial charge is 0.251 e. The van der Waals surface area contributed by atoms with Gasteiger partial charge in [0.2, 0.25) is 5.91 Å². The maximum absolute atomic E-state index is 12.6. The fourth-order valence-electron chi connectivity index (χ4n) is 3.08. The zero-order chi connectivity index (χ0) is 19.9. The number of hydrogen-bond acceptors (Lipinski definition) is 3. The average molecular weight is 362 g/mol. The summed E-state index contributed by atoms with van der Waals surface area (Å²) < 4.78 is 0. The van der Waals surface area contributed by atoms with Crippen LogP contribution in [0.5, 0.6) is 0 Å². The molecule has 0 bridgehead atoms. The van der Waals surface area contributed by atoms with Gasteiger partial charge in [0.15, 0.2) is 0 Å². The van der Waals surface area contributed by atoms with E-state index in [9.17, 15) is 9.59 Å². The summed E-state index contributed by atoms with van der Waals surface area (Å²) in [6, 6.07) is 7.69. The van der Waals surface area contributed by atoms with Gasteiger partial charge >= 0.3 is 0 Å². The van der Waals surface area contributed by atoms with E-state index < -0.39 is 6.04 Å². The van der Waals surface area contributed by atoms with Gasteiger partial charge in [0.1, 0.15) is 6.04 Å². The standard InChI is InChI=1S/C21H35N3O2/c1-14(2)19(23-20(25)18-10-8-9-17(7)13-18)21(26)22-11-12-24(15(3)4)16(5)6/h8-10,13-16,19H,11-12H2,1-7H3,(H,22,26)(H,23,25). The number of aryl methyl sites for hydroxylation is 1. The third-order valence-corrected chi connectivity index (χ3v) is 4.51. The van der Waals surface area contributed by atoms with E-state index in [4.69, 9.17) is 0 Å². The van der Waals surface area contributed by atoms with Crippen molar-refractivity contribution in [3.8, 4) is 0 Å². The van der Waals surface area contributed by atoms with E-state index >= 15 is 0 Å². The number of amides is 2. The van der Waals surface area contributed by atoms with Crippen molar-refractivity contribution in [2.45, 2.75) is 66.6 Å². The van der Waals surface area contributed by atoms with E-state index in [1.165, 1.54) is 0 Å². The van der Waals surface area contributed by atoms with Gasteiger partial charge in [0.25, 0.3) is 5.91 Å². The van der Waals surface area contributed by atoms with Crippen LogP contribution in [0.25, 0.3) is 0 Å². The molecule has 1 aromatic carbocycles. The second-order valence-corrected chi connectivity index (χ2v) is 7.78. The second-order valence-electron chi connectivity index (χ2n) is 7.78. The first kappa shape index (κ1) is 22.2. The molecule has 1 atom stereocenters. The molecule has 1 aromatic rings. The minimum atomic E-state index is -0.547. The highest BCUT2D eigenvalue weighted by atomic mass is 16.2. The van der Waals surface area contributed by atoms with Crippen LogP contribution in [0.1, 0.15) is 57.5 Å². The largest absolute Gasteiger partial charge is 0.353 e. The van der Waals surface area contributed by atoms with Crippen molar-refractivity contribution < 1.29 is 9.59 Å². The molecular formula is C21H35N3O2. The van der Waals surface area contributed by atoms with E-state index in [0.29, 0.717) is 24.2 Å². The molecule has 0 heterocycles. The minimum absolute atomic E-state index is 0.00931. The molecule has 5 nitrogen and oxygen atoms in total. The predicted octanol–water partition coefficient (Wildman–Crippen LogP) is 2.98. The Balaban J connectivity index is 2.66. The Hall–Kier alpha value is -1.88. The third-order valence-electron chi connectivity index (χ3n) is 4.51. The zero-order valence-corrected chi connectivity index (χ0v) is 17.3. The fourth-order valence-corrected chi connectivity index (χ4v) is 3.08. The highest BCUT2D eigenvalue weighted by Crippen LogP contribution is 2.08. The molecule has 146 valence electrons. The quantitative estimate of drug-likeness (QED) is 0.711. The van der Waals surface area contributed by atoms with Crippen LogP contribution in [-0.2, 0) is 4.79 Å². The average Bonchev–Trinajstić information content (AvgIpc) is 2.55. The minimum Gasteiger partial charge on any atom is -0.353 e. The van der Waals surface area contributed by atoms with Crippen molar-refractivity contribution in [1.29, 1.82) is 0 Å². The summed E-state index contributed by atoms with van der Waals surface area (Å²) in [5, 5.41) is 5.86. The molecule has 1 rings (SSSR count). The van der Waals surface area contributed by atoms with E-state index in [1.54, 1.807) is 6.07 Å². The molecule has 0 aromatic heterocycles. The first-order chi connectivity index (χ1) is 12.1. The van der Waals surface area contributed by atoms with Crippen molar-refractivity contribution in [2.24, 2.45) is 5.92 Å². The predicted molar refractivity (Wildman–Crippen MR) is 107 cm³/mol. The molecule has 1 unspecified atom stereocenters. The molecule has 0 spiro atoms. The Morgan fingerprint density at radius 2 is 1.65 bits per heavy atom. The van der Waals surface area contributed by atoms with Gasteiger partial charge < -0.3 is 10.6 Å². The van der Waals surface area contributed by atoms with E-state index in [2.05, 4.69) is 43.2 Å². The van der Waals surface area contributed by atoms with Crippen LogP contribution in [0, 0.1) is 12.8 Å².